The smallest absolute Gasteiger partial charge is 0.137 e. The van der Waals surface area contributed by atoms with E-state index in [1.807, 2.05) is 24.3 Å². The Kier molecular flexibility index (Phi) is 16.1. The van der Waals surface area contributed by atoms with Crippen LogP contribution in [0.5, 0.6) is 0 Å². The summed E-state index contributed by atoms with van der Waals surface area (Å²) in [6, 6.07) is 158. The third-order valence-corrected chi connectivity index (χ3v) is 27.1. The second-order valence-electron chi connectivity index (χ2n) is 34.0. The molecule has 0 amide bonds. The minimum atomic E-state index is -0.472. The normalized spacial score (nSPS) is 13.6. The number of furan rings is 4. The molecule has 4 heterocycles. The van der Waals surface area contributed by atoms with Crippen molar-refractivity contribution in [2.24, 2.45) is 0 Å². The maximum Gasteiger partial charge on any atom is 0.137 e. The molecule has 0 radical (unpaired) electrons. The van der Waals surface area contributed by atoms with Gasteiger partial charge in [-0.05, 0) is 245 Å². The first kappa shape index (κ1) is 71.9. The van der Waals surface area contributed by atoms with Crippen molar-refractivity contribution in [3.63, 3.8) is 0 Å². The van der Waals surface area contributed by atoms with Gasteiger partial charge in [0.15, 0.2) is 0 Å². The molecule has 0 bridgehead atoms. The summed E-state index contributed by atoms with van der Waals surface area (Å²) in [5, 5.41) is 8.93. The van der Waals surface area contributed by atoms with Gasteiger partial charge in [-0.1, -0.05) is 305 Å². The van der Waals surface area contributed by atoms with Crippen LogP contribution in [0.2, 0.25) is 0 Å². The van der Waals surface area contributed by atoms with Gasteiger partial charge in [-0.25, -0.2) is 0 Å². The molecule has 0 saturated carbocycles. The molecule has 0 spiro atoms. The van der Waals surface area contributed by atoms with Crippen molar-refractivity contribution in [2.75, 3.05) is 9.80 Å². The van der Waals surface area contributed by atoms with Gasteiger partial charge in [0.2, 0.25) is 0 Å². The predicted molar refractivity (Wildman–Crippen MR) is 514 cm³/mol. The Bertz CT molecular complexity index is 8180. The first-order valence-corrected chi connectivity index (χ1v) is 43.1. The van der Waals surface area contributed by atoms with E-state index in [0.29, 0.717) is 0 Å². The number of hydrogen-bond donors (Lipinski definition) is 0. The van der Waals surface area contributed by atoms with Crippen molar-refractivity contribution in [2.45, 2.75) is 30.1 Å². The maximum absolute atomic E-state index is 6.70. The Morgan fingerprint density at radius 2 is 0.456 bits per heavy atom. The van der Waals surface area contributed by atoms with Crippen LogP contribution in [0.25, 0.3) is 143 Å². The van der Waals surface area contributed by atoms with Crippen LogP contribution in [-0.4, -0.2) is 0 Å². The summed E-state index contributed by atoms with van der Waals surface area (Å²) in [7, 11) is 0. The van der Waals surface area contributed by atoms with E-state index in [9.17, 15) is 0 Å². The fourth-order valence-corrected chi connectivity index (χ4v) is 21.4. The molecule has 0 fully saturated rings. The van der Waals surface area contributed by atoms with E-state index in [4.69, 9.17) is 17.7 Å². The van der Waals surface area contributed by atoms with Crippen molar-refractivity contribution in [3.8, 4) is 55.6 Å². The number of fused-ring (bicyclic) bond motifs is 21. The lowest BCUT2D eigenvalue weighted by Gasteiger charge is -2.33. The van der Waals surface area contributed by atoms with E-state index in [2.05, 4.69) is 436 Å². The maximum atomic E-state index is 6.70. The van der Waals surface area contributed by atoms with E-state index >= 15 is 0 Å². The summed E-state index contributed by atoms with van der Waals surface area (Å²) in [6.07, 6.45) is 0. The highest BCUT2D eigenvalue weighted by molar-refractivity contribution is 6.11. The third-order valence-electron chi connectivity index (χ3n) is 27.1. The molecule has 0 N–H and O–H groups in total. The SMILES string of the molecule is CC1(C)c2ccccc2-c2ccc(N(c3ccc(-c4ccc5c(c4)oc4ccc(C6(c7ccccc7)c7ccccc7-c7ccccc76)cc45)cc3)c3ccc4c(c3)oc3ccccc34)cc21.c1ccc(N(c2ccc(-c3ccc4c(c3)oc3ccc(C5(c6ccccc6)c6ccccc6-c6ccccc65)cc34)cc2)c2ccc3c(c2)oc2ccccc23)cc1. The Balaban J connectivity index is 0.000000138. The quantitative estimate of drug-likeness (QED) is 0.121. The van der Waals surface area contributed by atoms with Crippen molar-refractivity contribution in [3.05, 3.63) is 492 Å². The van der Waals surface area contributed by atoms with Crippen LogP contribution >= 0.6 is 0 Å². The van der Waals surface area contributed by atoms with Crippen molar-refractivity contribution < 1.29 is 17.7 Å². The molecule has 23 aromatic rings. The largest absolute Gasteiger partial charge is 0.456 e. The Hall–Kier alpha value is -16.0. The lowest BCUT2D eigenvalue weighted by atomic mass is 9.67. The van der Waals surface area contributed by atoms with Gasteiger partial charge in [0.1, 0.15) is 44.7 Å². The first-order chi connectivity index (χ1) is 61.7. The van der Waals surface area contributed by atoms with Gasteiger partial charge >= 0.3 is 0 Å². The van der Waals surface area contributed by atoms with Gasteiger partial charge in [-0.3, -0.25) is 0 Å². The summed E-state index contributed by atoms with van der Waals surface area (Å²) in [5.74, 6) is 0. The number of hydrogen-bond acceptors (Lipinski definition) is 6. The lowest BCUT2D eigenvalue weighted by Crippen LogP contribution is -2.28. The van der Waals surface area contributed by atoms with Crippen LogP contribution < -0.4 is 9.80 Å². The summed E-state index contributed by atoms with van der Waals surface area (Å²) >= 11 is 0. The minimum absolute atomic E-state index is 0.131. The molecule has 0 saturated heterocycles. The first-order valence-electron chi connectivity index (χ1n) is 43.1. The summed E-state index contributed by atoms with van der Waals surface area (Å²) < 4.78 is 26.1. The van der Waals surface area contributed by atoms with Crippen LogP contribution in [0.3, 0.4) is 0 Å². The molecular weight excluding hydrogens is 1520 g/mol. The second-order valence-corrected chi connectivity index (χ2v) is 34.0. The van der Waals surface area contributed by atoms with Crippen LogP contribution in [0.4, 0.5) is 34.1 Å². The molecule has 6 heteroatoms. The van der Waals surface area contributed by atoms with Crippen LogP contribution in [0.1, 0.15) is 69.5 Å². The molecule has 4 aromatic heterocycles. The van der Waals surface area contributed by atoms with Crippen molar-refractivity contribution >= 4 is 122 Å². The monoisotopic (exact) mass is 1600 g/mol. The molecule has 0 atom stereocenters. The Morgan fingerprint density at radius 3 is 0.896 bits per heavy atom. The molecule has 125 heavy (non-hydrogen) atoms. The molecule has 0 unspecified atom stereocenters. The highest BCUT2D eigenvalue weighted by atomic mass is 16.3. The fourth-order valence-electron chi connectivity index (χ4n) is 21.4. The molecule has 3 aliphatic rings. The summed E-state index contributed by atoms with van der Waals surface area (Å²) in [6.45, 7) is 4.68. The van der Waals surface area contributed by atoms with E-state index in [1.165, 1.54) is 89.0 Å². The number of nitrogens with zero attached hydrogens (tertiary/aromatic N) is 2. The van der Waals surface area contributed by atoms with E-state index in [0.717, 1.165) is 144 Å². The van der Waals surface area contributed by atoms with Crippen LogP contribution in [-0.2, 0) is 16.2 Å². The molecule has 26 rings (SSSR count). The number of benzene rings is 19. The molecular formula is C119H78N2O4. The minimum Gasteiger partial charge on any atom is -0.456 e. The zero-order valence-electron chi connectivity index (χ0n) is 68.6. The molecule has 19 aromatic carbocycles. The van der Waals surface area contributed by atoms with Gasteiger partial charge in [0, 0.05) is 94.8 Å². The van der Waals surface area contributed by atoms with Gasteiger partial charge < -0.3 is 27.5 Å². The zero-order valence-corrected chi connectivity index (χ0v) is 68.6. The van der Waals surface area contributed by atoms with Gasteiger partial charge in [0.05, 0.1) is 10.8 Å². The lowest BCUT2D eigenvalue weighted by molar-refractivity contribution is 0.660. The third kappa shape index (κ3) is 11.0. The molecule has 0 aliphatic heterocycles. The Morgan fingerprint density at radius 1 is 0.168 bits per heavy atom. The summed E-state index contributed by atoms with van der Waals surface area (Å²) in [4.78, 5) is 4.64. The van der Waals surface area contributed by atoms with Crippen LogP contribution in [0, 0.1) is 0 Å². The highest BCUT2D eigenvalue weighted by Gasteiger charge is 2.48. The Labute approximate surface area is 722 Å². The fraction of sp³-hybridized carbons (Fsp3) is 0.0420. The summed E-state index contributed by atoms with van der Waals surface area (Å²) in [5.41, 5.74) is 37.4. The van der Waals surface area contributed by atoms with Crippen LogP contribution in [0.15, 0.2) is 454 Å². The molecule has 588 valence electrons. The van der Waals surface area contributed by atoms with E-state index in [-0.39, 0.29) is 5.41 Å². The van der Waals surface area contributed by atoms with Gasteiger partial charge in [0.25, 0.3) is 0 Å². The average Bonchev–Trinajstić information content (AvgIpc) is 1.54. The number of rotatable bonds is 12. The average molecular weight is 1600 g/mol. The predicted octanol–water partition coefficient (Wildman–Crippen LogP) is 32.3. The second kappa shape index (κ2) is 28.0. The van der Waals surface area contributed by atoms with Gasteiger partial charge in [-0.15, -0.1) is 0 Å². The van der Waals surface area contributed by atoms with Crippen molar-refractivity contribution in [1.82, 2.24) is 0 Å². The topological polar surface area (TPSA) is 59.0 Å². The van der Waals surface area contributed by atoms with E-state index < -0.39 is 10.8 Å². The van der Waals surface area contributed by atoms with E-state index in [1.54, 1.807) is 0 Å². The van der Waals surface area contributed by atoms with Crippen molar-refractivity contribution in [1.29, 1.82) is 0 Å². The number of para-hydroxylation sites is 3. The standard InChI is InChI=1S/C64H43NO2.C55H35NO2/c1-63(2)55-20-10-6-16-47(55)50-33-30-45(38-58(50)63)65(46-31-34-52-51-19-9-13-23-59(51)66-62(52)39-46)44-28-24-40(25-29-44)41-26-32-53-54-37-43(27-35-60(54)67-61(53)36-41)64(42-14-4-3-5-15-42)56-21-11-7-17-48(56)49-18-8-12-22-57(49)64;1-3-13-38(14-4-1)55(49-20-10-7-17-43(49)44-18-8-11-21-50(44)55)39-26-32-52-48(34-39)47-30-25-37(33-53(47)58-52)36-23-27-41(28-24-36)56(40-15-5-2-6-16-40)42-29-31-46-45-19-9-12-22-51(45)57-54(46)35-42/h3-39H,1-2H3;1-35H. The highest BCUT2D eigenvalue weighted by Crippen LogP contribution is 2.60. The number of anilines is 6. The molecule has 6 nitrogen and oxygen atoms in total. The zero-order chi connectivity index (χ0) is 82.6. The molecule has 3 aliphatic carbocycles. The van der Waals surface area contributed by atoms with Gasteiger partial charge in [-0.2, -0.15) is 0 Å².